The lowest BCUT2D eigenvalue weighted by molar-refractivity contribution is -0.128. The molecule has 1 aliphatic heterocycles. The lowest BCUT2D eigenvalue weighted by Crippen LogP contribution is -2.46. The van der Waals surface area contributed by atoms with Crippen molar-refractivity contribution in [3.63, 3.8) is 0 Å². The highest BCUT2D eigenvalue weighted by Crippen LogP contribution is 2.28. The molecule has 0 bridgehead atoms. The molecule has 1 aliphatic rings. The lowest BCUT2D eigenvalue weighted by atomic mass is 9.91. The molecule has 1 aromatic carbocycles. The van der Waals surface area contributed by atoms with E-state index in [1.54, 1.807) is 7.11 Å². The number of rotatable bonds is 7. The van der Waals surface area contributed by atoms with Crippen molar-refractivity contribution in [1.29, 1.82) is 0 Å². The van der Waals surface area contributed by atoms with E-state index in [1.165, 1.54) is 12.3 Å². The van der Waals surface area contributed by atoms with Crippen molar-refractivity contribution in [2.24, 2.45) is 5.41 Å². The van der Waals surface area contributed by atoms with Gasteiger partial charge in [0, 0.05) is 37.7 Å². The largest absolute Gasteiger partial charge is 0.495 e. The number of methoxy groups -OCH3 is 1. The highest BCUT2D eigenvalue weighted by atomic mass is 16.5. The van der Waals surface area contributed by atoms with Crippen LogP contribution in [-0.4, -0.2) is 50.6 Å². The molecule has 2 heterocycles. The molecule has 0 atom stereocenters. The fourth-order valence-corrected chi connectivity index (χ4v) is 3.24. The minimum atomic E-state index is -0.508. The maximum absolute atomic E-state index is 12.3. The lowest BCUT2D eigenvalue weighted by Gasteiger charge is -2.36. The van der Waals surface area contributed by atoms with Crippen LogP contribution in [-0.2, 0) is 11.3 Å². The van der Waals surface area contributed by atoms with E-state index in [1.807, 2.05) is 39.0 Å². The number of hydrogen-bond acceptors (Lipinski definition) is 7. The van der Waals surface area contributed by atoms with Crippen LogP contribution >= 0.6 is 0 Å². The number of piperazine rings is 1. The zero-order valence-corrected chi connectivity index (χ0v) is 18.1. The number of Topliss-reactive ketones (excluding diaryl/α,β-unsaturated/α-hetero) is 1. The second kappa shape index (κ2) is 9.34. The summed E-state index contributed by atoms with van der Waals surface area (Å²) >= 11 is 0. The fourth-order valence-electron chi connectivity index (χ4n) is 3.24. The summed E-state index contributed by atoms with van der Waals surface area (Å²) in [6.45, 7) is 9.28. The topological polar surface area (TPSA) is 72.2 Å². The van der Waals surface area contributed by atoms with E-state index < -0.39 is 5.41 Å². The van der Waals surface area contributed by atoms with Gasteiger partial charge in [0.2, 0.25) is 11.2 Å². The highest BCUT2D eigenvalue weighted by molar-refractivity contribution is 5.85. The third-order valence-electron chi connectivity index (χ3n) is 5.23. The molecule has 1 aromatic heterocycles. The van der Waals surface area contributed by atoms with E-state index in [0.29, 0.717) is 12.3 Å². The molecule has 0 amide bonds. The summed E-state index contributed by atoms with van der Waals surface area (Å²) in [4.78, 5) is 28.8. The van der Waals surface area contributed by atoms with E-state index >= 15 is 0 Å². The normalized spacial score (nSPS) is 15.1. The maximum atomic E-state index is 12.3. The first-order chi connectivity index (χ1) is 14.3. The van der Waals surface area contributed by atoms with E-state index in [-0.39, 0.29) is 23.6 Å². The molecular weight excluding hydrogens is 384 g/mol. The van der Waals surface area contributed by atoms with E-state index in [0.717, 1.165) is 37.6 Å². The number of ketones is 1. The molecule has 0 spiro atoms. The van der Waals surface area contributed by atoms with Crippen LogP contribution in [0.5, 0.6) is 11.5 Å². The average Bonchev–Trinajstić information content (AvgIpc) is 2.73. The Morgan fingerprint density at radius 2 is 1.80 bits per heavy atom. The Hall–Kier alpha value is -2.80. The zero-order valence-electron chi connectivity index (χ0n) is 18.1. The Balaban J connectivity index is 1.54. The van der Waals surface area contributed by atoms with Gasteiger partial charge in [0.05, 0.1) is 19.3 Å². The van der Waals surface area contributed by atoms with Crippen LogP contribution in [0, 0.1) is 5.41 Å². The van der Waals surface area contributed by atoms with Crippen LogP contribution in [0.4, 0.5) is 5.69 Å². The Kier molecular flexibility index (Phi) is 6.82. The van der Waals surface area contributed by atoms with Gasteiger partial charge in [-0.05, 0) is 12.1 Å². The molecule has 3 rings (SSSR count). The van der Waals surface area contributed by atoms with E-state index in [2.05, 4.69) is 15.9 Å². The van der Waals surface area contributed by atoms with E-state index in [9.17, 15) is 9.59 Å². The first-order valence-corrected chi connectivity index (χ1v) is 10.2. The number of carbonyl (C=O) groups is 1. The van der Waals surface area contributed by atoms with Gasteiger partial charge in [0.15, 0.2) is 5.78 Å². The molecule has 30 heavy (non-hydrogen) atoms. The van der Waals surface area contributed by atoms with Gasteiger partial charge in [-0.25, -0.2) is 0 Å². The van der Waals surface area contributed by atoms with Gasteiger partial charge >= 0.3 is 0 Å². The Morgan fingerprint density at radius 3 is 2.43 bits per heavy atom. The summed E-state index contributed by atoms with van der Waals surface area (Å²) in [5, 5.41) is 0. The van der Waals surface area contributed by atoms with Crippen LogP contribution in [0.3, 0.4) is 0 Å². The third kappa shape index (κ3) is 5.42. The smallest absolute Gasteiger partial charge is 0.227 e. The monoisotopic (exact) mass is 414 g/mol. The molecule has 0 aliphatic carbocycles. The van der Waals surface area contributed by atoms with Crippen molar-refractivity contribution in [1.82, 2.24) is 4.90 Å². The molecule has 1 fully saturated rings. The van der Waals surface area contributed by atoms with Crippen molar-refractivity contribution in [3.05, 3.63) is 52.6 Å². The molecule has 7 nitrogen and oxygen atoms in total. The molecule has 0 saturated carbocycles. The second-order valence-corrected chi connectivity index (χ2v) is 8.47. The summed E-state index contributed by atoms with van der Waals surface area (Å²) in [5.74, 6) is 1.45. The Morgan fingerprint density at radius 1 is 1.10 bits per heavy atom. The number of hydrogen-bond donors (Lipinski definition) is 0. The van der Waals surface area contributed by atoms with Crippen molar-refractivity contribution >= 4 is 11.5 Å². The van der Waals surface area contributed by atoms with Gasteiger partial charge in [-0.2, -0.15) is 0 Å². The SMILES string of the molecule is COc1ccccc1N1CCN(Cc2cc(=O)c(OCC(=O)C(C)(C)C)co2)CC1. The van der Waals surface area contributed by atoms with Crippen LogP contribution in [0.1, 0.15) is 26.5 Å². The second-order valence-electron chi connectivity index (χ2n) is 8.47. The molecular formula is C23H30N2O5. The standard InChI is InChI=1S/C23H30N2O5/c1-23(2,3)22(27)16-30-21-15-29-17(13-19(21)26)14-24-9-11-25(12-10-24)18-7-5-6-8-20(18)28-4/h5-8,13,15H,9-12,14,16H2,1-4H3. The Labute approximate surface area is 177 Å². The summed E-state index contributed by atoms with van der Waals surface area (Å²) in [7, 11) is 1.68. The molecule has 0 radical (unpaired) electrons. The number of anilines is 1. The summed E-state index contributed by atoms with van der Waals surface area (Å²) in [5.41, 5.74) is 0.314. The fraction of sp³-hybridized carbons (Fsp3) is 0.478. The first-order valence-electron chi connectivity index (χ1n) is 10.2. The summed E-state index contributed by atoms with van der Waals surface area (Å²) in [6, 6.07) is 9.46. The van der Waals surface area contributed by atoms with Crippen LogP contribution in [0.2, 0.25) is 0 Å². The molecule has 0 N–H and O–H groups in total. The number of para-hydroxylation sites is 2. The minimum Gasteiger partial charge on any atom is -0.495 e. The van der Waals surface area contributed by atoms with E-state index in [4.69, 9.17) is 13.9 Å². The Bertz CT molecular complexity index is 924. The van der Waals surface area contributed by atoms with Gasteiger partial charge in [0.1, 0.15) is 24.4 Å². The summed E-state index contributed by atoms with van der Waals surface area (Å²) < 4.78 is 16.4. The molecule has 2 aromatic rings. The first kappa shape index (κ1) is 21.9. The van der Waals surface area contributed by atoms with Gasteiger partial charge in [-0.3, -0.25) is 14.5 Å². The molecule has 7 heteroatoms. The number of benzene rings is 1. The number of ether oxygens (including phenoxy) is 2. The predicted molar refractivity (Wildman–Crippen MR) is 115 cm³/mol. The van der Waals surface area contributed by atoms with Crippen LogP contribution in [0.25, 0.3) is 0 Å². The number of carbonyl (C=O) groups excluding carboxylic acids is 1. The third-order valence-corrected chi connectivity index (χ3v) is 5.23. The van der Waals surface area contributed by atoms with Gasteiger partial charge in [0.25, 0.3) is 0 Å². The van der Waals surface area contributed by atoms with Crippen LogP contribution in [0.15, 0.2) is 45.8 Å². The maximum Gasteiger partial charge on any atom is 0.227 e. The average molecular weight is 415 g/mol. The zero-order chi connectivity index (χ0) is 21.7. The minimum absolute atomic E-state index is 0.0670. The van der Waals surface area contributed by atoms with Crippen molar-refractivity contribution < 1.29 is 18.7 Å². The van der Waals surface area contributed by atoms with Gasteiger partial charge in [-0.15, -0.1) is 0 Å². The van der Waals surface area contributed by atoms with Gasteiger partial charge in [-0.1, -0.05) is 32.9 Å². The quantitative estimate of drug-likeness (QED) is 0.690. The molecule has 162 valence electrons. The predicted octanol–water partition coefficient (Wildman–Crippen LogP) is 2.96. The van der Waals surface area contributed by atoms with Crippen LogP contribution < -0.4 is 19.8 Å². The number of nitrogens with zero attached hydrogens (tertiary/aromatic N) is 2. The molecule has 0 unspecified atom stereocenters. The summed E-state index contributed by atoms with van der Waals surface area (Å²) in [6.07, 6.45) is 1.30. The highest BCUT2D eigenvalue weighted by Gasteiger charge is 2.23. The van der Waals surface area contributed by atoms with Crippen molar-refractivity contribution in [3.8, 4) is 11.5 Å². The van der Waals surface area contributed by atoms with Crippen molar-refractivity contribution in [2.75, 3.05) is 44.8 Å². The van der Waals surface area contributed by atoms with Gasteiger partial charge < -0.3 is 18.8 Å². The molecule has 1 saturated heterocycles. The van der Waals surface area contributed by atoms with Crippen molar-refractivity contribution in [2.45, 2.75) is 27.3 Å².